The van der Waals surface area contributed by atoms with Gasteiger partial charge < -0.3 is 9.84 Å². The highest BCUT2D eigenvalue weighted by Crippen LogP contribution is 2.47. The maximum atomic E-state index is 13.5. The van der Waals surface area contributed by atoms with Crippen molar-refractivity contribution in [1.82, 2.24) is 0 Å². The van der Waals surface area contributed by atoms with Crippen LogP contribution in [0, 0.1) is 5.82 Å². The molecule has 5 heteroatoms. The Bertz CT molecular complexity index is 491. The minimum absolute atomic E-state index is 0.0485. The van der Waals surface area contributed by atoms with Crippen molar-refractivity contribution in [3.8, 4) is 11.5 Å². The number of methoxy groups -OCH3 is 1. The van der Waals surface area contributed by atoms with Gasteiger partial charge in [0.05, 0.1) is 12.6 Å². The monoisotopic (exact) mass is 237 g/mol. The summed E-state index contributed by atoms with van der Waals surface area (Å²) in [6.45, 7) is 0. The van der Waals surface area contributed by atoms with Crippen molar-refractivity contribution < 1.29 is 19.0 Å². The minimum Gasteiger partial charge on any atom is -0.502 e. The predicted octanol–water partition coefficient (Wildman–Crippen LogP) is 2.25. The lowest BCUT2D eigenvalue weighted by molar-refractivity contribution is 0.252. The molecule has 0 aliphatic heterocycles. The number of ether oxygens (including phenoxy) is 1. The van der Waals surface area contributed by atoms with Crippen molar-refractivity contribution in [2.24, 2.45) is 4.99 Å². The van der Waals surface area contributed by atoms with E-state index in [1.807, 2.05) is 0 Å². The highest BCUT2D eigenvalue weighted by Gasteiger charge is 2.40. The molecule has 0 saturated heterocycles. The zero-order valence-electron chi connectivity index (χ0n) is 9.36. The van der Waals surface area contributed by atoms with Crippen LogP contribution in [0.2, 0.25) is 0 Å². The topological polar surface area (TPSA) is 58.9 Å². The molecule has 1 N–H and O–H groups in total. The van der Waals surface area contributed by atoms with E-state index in [0.717, 1.165) is 6.42 Å². The zero-order valence-corrected chi connectivity index (χ0v) is 9.36. The second kappa shape index (κ2) is 4.18. The average molecular weight is 237 g/mol. The lowest BCUT2D eigenvalue weighted by Crippen LogP contribution is -2.32. The second-order valence-corrected chi connectivity index (χ2v) is 4.10. The number of isocyanates is 1. The molecule has 0 radical (unpaired) electrons. The fourth-order valence-corrected chi connectivity index (χ4v) is 2.06. The molecule has 90 valence electrons. The Morgan fingerprint density at radius 3 is 2.71 bits per heavy atom. The zero-order chi connectivity index (χ0) is 12.5. The second-order valence-electron chi connectivity index (χ2n) is 4.10. The van der Waals surface area contributed by atoms with Crippen LogP contribution in [0.4, 0.5) is 4.39 Å². The summed E-state index contributed by atoms with van der Waals surface area (Å²) in [7, 11) is 1.34. The summed E-state index contributed by atoms with van der Waals surface area (Å²) in [5, 5.41) is 9.40. The van der Waals surface area contributed by atoms with E-state index in [-0.39, 0.29) is 5.75 Å². The first-order chi connectivity index (χ1) is 8.13. The third kappa shape index (κ3) is 1.78. The van der Waals surface area contributed by atoms with Gasteiger partial charge in [0, 0.05) is 0 Å². The molecule has 0 bridgehead atoms. The number of phenolic OH excluding ortho intramolecular Hbond substituents is 1. The van der Waals surface area contributed by atoms with Gasteiger partial charge in [0.15, 0.2) is 17.3 Å². The van der Waals surface area contributed by atoms with Gasteiger partial charge in [-0.05, 0) is 37.0 Å². The van der Waals surface area contributed by atoms with E-state index in [9.17, 15) is 14.3 Å². The van der Waals surface area contributed by atoms with E-state index in [0.29, 0.717) is 18.4 Å². The average Bonchev–Trinajstić information content (AvgIpc) is 2.27. The van der Waals surface area contributed by atoms with Crippen LogP contribution in [-0.2, 0) is 10.3 Å². The fraction of sp³-hybridized carbons (Fsp3) is 0.417. The van der Waals surface area contributed by atoms with E-state index >= 15 is 0 Å². The summed E-state index contributed by atoms with van der Waals surface area (Å²) in [5.41, 5.74) is -0.150. The van der Waals surface area contributed by atoms with Crippen LogP contribution in [-0.4, -0.2) is 18.3 Å². The van der Waals surface area contributed by atoms with Gasteiger partial charge in [-0.1, -0.05) is 0 Å². The molecule has 0 atom stereocenters. The van der Waals surface area contributed by atoms with Crippen LogP contribution < -0.4 is 4.74 Å². The molecular formula is C12H12FNO3. The van der Waals surface area contributed by atoms with E-state index in [2.05, 4.69) is 4.99 Å². The number of aromatic hydroxyl groups is 1. The van der Waals surface area contributed by atoms with E-state index in [1.165, 1.54) is 25.3 Å². The maximum Gasteiger partial charge on any atom is 0.235 e. The van der Waals surface area contributed by atoms with E-state index in [4.69, 9.17) is 4.74 Å². The number of phenols is 1. The summed E-state index contributed by atoms with van der Waals surface area (Å²) in [5.74, 6) is -1.25. The molecule has 2 rings (SSSR count). The summed E-state index contributed by atoms with van der Waals surface area (Å²) in [4.78, 5) is 14.2. The van der Waals surface area contributed by atoms with Crippen molar-refractivity contribution in [2.45, 2.75) is 24.8 Å². The molecule has 1 aliphatic rings. The van der Waals surface area contributed by atoms with Crippen LogP contribution in [0.3, 0.4) is 0 Å². The van der Waals surface area contributed by atoms with Crippen molar-refractivity contribution >= 4 is 6.08 Å². The summed E-state index contributed by atoms with van der Waals surface area (Å²) in [6, 6.07) is 2.70. The molecule has 0 aromatic heterocycles. The van der Waals surface area contributed by atoms with Gasteiger partial charge in [-0.3, -0.25) is 0 Å². The van der Waals surface area contributed by atoms with Crippen LogP contribution in [0.25, 0.3) is 0 Å². The summed E-state index contributed by atoms with van der Waals surface area (Å²) in [6.07, 6.45) is 3.81. The number of hydrogen-bond donors (Lipinski definition) is 1. The Labute approximate surface area is 97.7 Å². The van der Waals surface area contributed by atoms with Crippen LogP contribution >= 0.6 is 0 Å². The maximum absolute atomic E-state index is 13.5. The molecule has 17 heavy (non-hydrogen) atoms. The Balaban J connectivity index is 2.52. The molecule has 1 saturated carbocycles. The minimum atomic E-state index is -0.772. The van der Waals surface area contributed by atoms with Gasteiger partial charge in [-0.15, -0.1) is 0 Å². The van der Waals surface area contributed by atoms with Gasteiger partial charge in [-0.2, -0.15) is 4.99 Å². The van der Waals surface area contributed by atoms with Crippen LogP contribution in [0.5, 0.6) is 11.5 Å². The highest BCUT2D eigenvalue weighted by molar-refractivity contribution is 5.47. The molecule has 1 aromatic carbocycles. The largest absolute Gasteiger partial charge is 0.502 e. The molecule has 0 unspecified atom stereocenters. The van der Waals surface area contributed by atoms with E-state index < -0.39 is 17.1 Å². The Morgan fingerprint density at radius 1 is 1.53 bits per heavy atom. The molecule has 1 aromatic rings. The number of benzene rings is 1. The van der Waals surface area contributed by atoms with Gasteiger partial charge in [0.25, 0.3) is 0 Å². The third-order valence-electron chi connectivity index (χ3n) is 3.23. The summed E-state index contributed by atoms with van der Waals surface area (Å²) >= 11 is 0. The molecular weight excluding hydrogens is 225 g/mol. The predicted molar refractivity (Wildman–Crippen MR) is 58.3 cm³/mol. The molecule has 0 amide bonds. The summed E-state index contributed by atoms with van der Waals surface area (Å²) < 4.78 is 18.4. The molecule has 1 aliphatic carbocycles. The van der Waals surface area contributed by atoms with E-state index in [1.54, 1.807) is 0 Å². The van der Waals surface area contributed by atoms with Crippen molar-refractivity contribution in [3.05, 3.63) is 23.5 Å². The van der Waals surface area contributed by atoms with Gasteiger partial charge in [0.2, 0.25) is 6.08 Å². The SMILES string of the molecule is COc1cc(C2(N=C=O)CCC2)cc(F)c1O. The first-order valence-electron chi connectivity index (χ1n) is 5.29. The number of hydrogen-bond acceptors (Lipinski definition) is 4. The Kier molecular flexibility index (Phi) is 2.86. The number of rotatable bonds is 3. The number of carbonyl (C=O) groups excluding carboxylic acids is 1. The number of aliphatic imine (C=N–C) groups is 1. The van der Waals surface area contributed by atoms with Crippen molar-refractivity contribution in [1.29, 1.82) is 0 Å². The first-order valence-corrected chi connectivity index (χ1v) is 5.29. The van der Waals surface area contributed by atoms with Gasteiger partial charge in [-0.25, -0.2) is 9.18 Å². The fourth-order valence-electron chi connectivity index (χ4n) is 2.06. The Morgan fingerprint density at radius 2 is 2.24 bits per heavy atom. The molecule has 0 heterocycles. The smallest absolute Gasteiger partial charge is 0.235 e. The lowest BCUT2D eigenvalue weighted by Gasteiger charge is -2.37. The van der Waals surface area contributed by atoms with Crippen molar-refractivity contribution in [2.75, 3.05) is 7.11 Å². The van der Waals surface area contributed by atoms with Gasteiger partial charge >= 0.3 is 0 Å². The lowest BCUT2D eigenvalue weighted by atomic mass is 9.72. The molecule has 0 spiro atoms. The third-order valence-corrected chi connectivity index (χ3v) is 3.23. The van der Waals surface area contributed by atoms with Crippen LogP contribution in [0.15, 0.2) is 17.1 Å². The molecule has 4 nitrogen and oxygen atoms in total. The quantitative estimate of drug-likeness (QED) is 0.648. The number of nitrogens with zero attached hydrogens (tertiary/aromatic N) is 1. The van der Waals surface area contributed by atoms with Crippen LogP contribution in [0.1, 0.15) is 24.8 Å². The Hall–Kier alpha value is -1.87. The standard InChI is InChI=1S/C12H12FNO3/c1-17-10-6-8(5-9(13)11(10)16)12(14-7-15)3-2-4-12/h5-6,16H,2-4H2,1H3. The number of halogens is 1. The normalized spacial score (nSPS) is 16.8. The van der Waals surface area contributed by atoms with Crippen molar-refractivity contribution in [3.63, 3.8) is 0 Å². The highest BCUT2D eigenvalue weighted by atomic mass is 19.1. The van der Waals surface area contributed by atoms with Gasteiger partial charge in [0.1, 0.15) is 0 Å². The first kappa shape index (κ1) is 11.6. The molecule has 1 fully saturated rings.